The van der Waals surface area contributed by atoms with Gasteiger partial charge in [-0.25, -0.2) is 4.39 Å². The third-order valence-electron chi connectivity index (χ3n) is 4.53. The van der Waals surface area contributed by atoms with E-state index < -0.39 is 0 Å². The van der Waals surface area contributed by atoms with Gasteiger partial charge in [-0.15, -0.1) is 0 Å². The molecule has 0 saturated heterocycles. The van der Waals surface area contributed by atoms with E-state index >= 15 is 0 Å². The first-order valence-corrected chi connectivity index (χ1v) is 8.72. The Kier molecular flexibility index (Phi) is 5.17. The van der Waals surface area contributed by atoms with Gasteiger partial charge in [-0.05, 0) is 56.2 Å². The molecule has 1 heterocycles. The zero-order chi connectivity index (χ0) is 18.7. The van der Waals surface area contributed by atoms with Crippen LogP contribution < -0.4 is 0 Å². The first-order chi connectivity index (χ1) is 12.5. The summed E-state index contributed by atoms with van der Waals surface area (Å²) in [6.07, 6.45) is 4.13. The van der Waals surface area contributed by atoms with Crippen molar-refractivity contribution < 1.29 is 9.18 Å². The van der Waals surface area contributed by atoms with Crippen molar-refractivity contribution in [3.05, 3.63) is 77.9 Å². The van der Waals surface area contributed by atoms with E-state index in [4.69, 9.17) is 0 Å². The number of carbonyl (C=O) groups excluding carboxylic acids is 1. The smallest absolute Gasteiger partial charge is 0.142 e. The van der Waals surface area contributed by atoms with Crippen molar-refractivity contribution in [3.63, 3.8) is 0 Å². The largest absolute Gasteiger partial charge is 0.342 e. The van der Waals surface area contributed by atoms with Gasteiger partial charge in [0.2, 0.25) is 0 Å². The van der Waals surface area contributed by atoms with Crippen LogP contribution in [0.25, 0.3) is 28.3 Å². The average molecular weight is 347 g/mol. The van der Waals surface area contributed by atoms with Crippen LogP contribution in [0.5, 0.6) is 0 Å². The minimum Gasteiger partial charge on any atom is -0.342 e. The first-order valence-electron chi connectivity index (χ1n) is 8.72. The molecular formula is C23H22FNO. The molecule has 0 N–H and O–H groups in total. The number of halogens is 1. The van der Waals surface area contributed by atoms with E-state index in [9.17, 15) is 9.18 Å². The molecule has 0 aliphatic rings. The molecular weight excluding hydrogens is 325 g/mol. The maximum atomic E-state index is 13.5. The lowest BCUT2D eigenvalue weighted by Gasteiger charge is -2.14. The second kappa shape index (κ2) is 7.52. The Bertz CT molecular complexity index is 935. The lowest BCUT2D eigenvalue weighted by atomic mass is 9.95. The van der Waals surface area contributed by atoms with Crippen LogP contribution in [0.4, 0.5) is 4.39 Å². The minimum absolute atomic E-state index is 0.220. The first kappa shape index (κ1) is 17.9. The molecule has 2 aromatic carbocycles. The molecule has 0 saturated carbocycles. The van der Waals surface area contributed by atoms with Crippen molar-refractivity contribution in [3.8, 4) is 22.3 Å². The molecule has 1 aromatic heterocycles. The second-order valence-electron chi connectivity index (χ2n) is 6.55. The highest BCUT2D eigenvalue weighted by atomic mass is 19.1. The fraction of sp³-hybridized carbons (Fsp3) is 0.174. The molecule has 3 rings (SSSR count). The minimum atomic E-state index is -0.264. The Morgan fingerprint density at radius 2 is 1.54 bits per heavy atom. The Hall–Kier alpha value is -2.94. The Morgan fingerprint density at radius 1 is 0.923 bits per heavy atom. The number of nitrogens with zero attached hydrogens (tertiary/aromatic N) is 1. The molecule has 0 unspecified atom stereocenters. The number of aldehydes is 1. The van der Waals surface area contributed by atoms with Gasteiger partial charge < -0.3 is 4.57 Å². The third kappa shape index (κ3) is 3.25. The highest BCUT2D eigenvalue weighted by Crippen LogP contribution is 2.41. The summed E-state index contributed by atoms with van der Waals surface area (Å²) in [5.41, 5.74) is 6.23. The van der Waals surface area contributed by atoms with Crippen LogP contribution >= 0.6 is 0 Å². The number of hydrogen-bond acceptors (Lipinski definition) is 1. The summed E-state index contributed by atoms with van der Waals surface area (Å²) >= 11 is 0. The summed E-state index contributed by atoms with van der Waals surface area (Å²) in [6.45, 7) is 6.33. The van der Waals surface area contributed by atoms with Gasteiger partial charge in [-0.1, -0.05) is 42.5 Å². The van der Waals surface area contributed by atoms with Crippen LogP contribution in [0.2, 0.25) is 0 Å². The fourth-order valence-electron chi connectivity index (χ4n) is 3.56. The van der Waals surface area contributed by atoms with E-state index in [1.807, 2.05) is 24.3 Å². The number of hydrogen-bond donors (Lipinski definition) is 0. The number of aromatic nitrogens is 1. The van der Waals surface area contributed by atoms with Crippen LogP contribution in [-0.2, 0) is 4.79 Å². The molecule has 26 heavy (non-hydrogen) atoms. The summed E-state index contributed by atoms with van der Waals surface area (Å²) in [4.78, 5) is 11.0. The van der Waals surface area contributed by atoms with Crippen LogP contribution in [-0.4, -0.2) is 10.9 Å². The van der Waals surface area contributed by atoms with Gasteiger partial charge in [0.05, 0.1) is 0 Å². The Labute approximate surface area is 153 Å². The zero-order valence-corrected chi connectivity index (χ0v) is 15.2. The lowest BCUT2D eigenvalue weighted by Crippen LogP contribution is -2.05. The van der Waals surface area contributed by atoms with Crippen molar-refractivity contribution in [1.82, 2.24) is 4.57 Å². The fourth-order valence-corrected chi connectivity index (χ4v) is 3.56. The summed E-state index contributed by atoms with van der Waals surface area (Å²) in [5, 5.41) is 0. The molecule has 132 valence electrons. The lowest BCUT2D eigenvalue weighted by molar-refractivity contribution is -0.104. The van der Waals surface area contributed by atoms with Gasteiger partial charge in [0, 0.05) is 28.6 Å². The monoisotopic (exact) mass is 347 g/mol. The van der Waals surface area contributed by atoms with Gasteiger partial charge in [0.1, 0.15) is 12.1 Å². The predicted molar refractivity (Wildman–Crippen MR) is 105 cm³/mol. The Morgan fingerprint density at radius 3 is 2.12 bits per heavy atom. The number of carbonyl (C=O) groups is 1. The van der Waals surface area contributed by atoms with E-state index in [0.717, 1.165) is 39.9 Å². The van der Waals surface area contributed by atoms with Gasteiger partial charge >= 0.3 is 0 Å². The third-order valence-corrected chi connectivity index (χ3v) is 4.53. The molecule has 3 aromatic rings. The molecule has 2 nitrogen and oxygen atoms in total. The maximum Gasteiger partial charge on any atom is 0.142 e. The average Bonchev–Trinajstić information content (AvgIpc) is 2.93. The molecule has 0 fully saturated rings. The van der Waals surface area contributed by atoms with Gasteiger partial charge in [0.15, 0.2) is 0 Å². The topological polar surface area (TPSA) is 22.0 Å². The van der Waals surface area contributed by atoms with Crippen molar-refractivity contribution in [2.24, 2.45) is 0 Å². The quantitative estimate of drug-likeness (QED) is 0.406. The molecule has 0 spiro atoms. The molecule has 0 radical (unpaired) electrons. The summed E-state index contributed by atoms with van der Waals surface area (Å²) < 4.78 is 15.7. The number of allylic oxidation sites excluding steroid dienone is 1. The summed E-state index contributed by atoms with van der Waals surface area (Å²) in [5.74, 6) is -0.264. The standard InChI is InChI=1S/C23H22FNO/c1-16(2)25-17(3)22(18-8-5-4-6-9-18)23(21(25)10-7-15-26)19-11-13-20(24)14-12-19/h4-16H,1-3H3/b10-7+. The summed E-state index contributed by atoms with van der Waals surface area (Å²) in [6, 6.07) is 16.9. The summed E-state index contributed by atoms with van der Waals surface area (Å²) in [7, 11) is 0. The van der Waals surface area contributed by atoms with Crippen molar-refractivity contribution in [1.29, 1.82) is 0 Å². The maximum absolute atomic E-state index is 13.5. The Balaban J connectivity index is 2.40. The van der Waals surface area contributed by atoms with E-state index in [1.54, 1.807) is 12.1 Å². The van der Waals surface area contributed by atoms with Crippen molar-refractivity contribution in [2.45, 2.75) is 26.8 Å². The van der Waals surface area contributed by atoms with Crippen molar-refractivity contribution >= 4 is 12.4 Å². The predicted octanol–water partition coefficient (Wildman–Crippen LogP) is 6.06. The highest BCUT2D eigenvalue weighted by molar-refractivity contribution is 5.92. The molecule has 0 aliphatic carbocycles. The highest BCUT2D eigenvalue weighted by Gasteiger charge is 2.22. The molecule has 0 amide bonds. The van der Waals surface area contributed by atoms with E-state index in [2.05, 4.69) is 37.5 Å². The SMILES string of the molecule is Cc1c(-c2ccccc2)c(-c2ccc(F)cc2)c(/C=C/C=O)n1C(C)C. The molecule has 0 aliphatic heterocycles. The van der Waals surface area contributed by atoms with Gasteiger partial charge in [-0.3, -0.25) is 4.79 Å². The second-order valence-corrected chi connectivity index (χ2v) is 6.55. The number of rotatable bonds is 5. The molecule has 0 atom stereocenters. The van der Waals surface area contributed by atoms with E-state index in [-0.39, 0.29) is 11.9 Å². The van der Waals surface area contributed by atoms with E-state index in [0.29, 0.717) is 0 Å². The van der Waals surface area contributed by atoms with E-state index in [1.165, 1.54) is 18.2 Å². The van der Waals surface area contributed by atoms with Crippen LogP contribution in [0.1, 0.15) is 31.3 Å². The van der Waals surface area contributed by atoms with Crippen LogP contribution in [0.15, 0.2) is 60.7 Å². The molecule has 3 heteroatoms. The van der Waals surface area contributed by atoms with Crippen LogP contribution in [0.3, 0.4) is 0 Å². The van der Waals surface area contributed by atoms with Gasteiger partial charge in [-0.2, -0.15) is 0 Å². The number of benzene rings is 2. The van der Waals surface area contributed by atoms with Gasteiger partial charge in [0.25, 0.3) is 0 Å². The molecule has 0 bridgehead atoms. The van der Waals surface area contributed by atoms with Crippen molar-refractivity contribution in [2.75, 3.05) is 0 Å². The normalized spacial score (nSPS) is 11.4. The van der Waals surface area contributed by atoms with Crippen LogP contribution in [0, 0.1) is 12.7 Å². The zero-order valence-electron chi connectivity index (χ0n) is 15.2.